The molecule has 0 aliphatic heterocycles. The normalized spacial score (nSPS) is 12.2. The highest BCUT2D eigenvalue weighted by Gasteiger charge is 2.13. The van der Waals surface area contributed by atoms with Gasteiger partial charge in [-0.2, -0.15) is 0 Å². The molecule has 0 amide bonds. The van der Waals surface area contributed by atoms with Gasteiger partial charge in [0.15, 0.2) is 0 Å². The molecule has 0 spiro atoms. The zero-order valence-electron chi connectivity index (χ0n) is 12.1. The van der Waals surface area contributed by atoms with Gasteiger partial charge < -0.3 is 15.0 Å². The lowest BCUT2D eigenvalue weighted by atomic mass is 10.0. The molecule has 4 heteroatoms. The van der Waals surface area contributed by atoms with E-state index in [0.29, 0.717) is 6.54 Å². The second-order valence-corrected chi connectivity index (χ2v) is 5.00. The fraction of sp³-hybridized carbons (Fsp3) is 0.312. The molecule has 0 fully saturated rings. The van der Waals surface area contributed by atoms with Crippen LogP contribution in [0.25, 0.3) is 0 Å². The van der Waals surface area contributed by atoms with Crippen molar-refractivity contribution in [2.75, 3.05) is 7.11 Å². The van der Waals surface area contributed by atoms with Crippen LogP contribution in [0.15, 0.2) is 41.3 Å². The number of nitrogens with zero attached hydrogens (tertiary/aromatic N) is 1. The molecule has 0 aliphatic carbocycles. The number of methoxy groups -OCH3 is 1. The Morgan fingerprint density at radius 1 is 1.30 bits per heavy atom. The second-order valence-electron chi connectivity index (χ2n) is 5.00. The van der Waals surface area contributed by atoms with Gasteiger partial charge in [-0.15, -0.1) is 0 Å². The molecule has 20 heavy (non-hydrogen) atoms. The SMILES string of the molecule is COc1ccc(C)cc1C(N)Cn1cccc(C)c1=O. The molecule has 1 aromatic heterocycles. The van der Waals surface area contributed by atoms with Crippen molar-refractivity contribution in [2.45, 2.75) is 26.4 Å². The summed E-state index contributed by atoms with van der Waals surface area (Å²) in [7, 11) is 1.62. The maximum Gasteiger partial charge on any atom is 0.253 e. The van der Waals surface area contributed by atoms with E-state index in [0.717, 1.165) is 22.4 Å². The first-order valence-electron chi connectivity index (χ1n) is 6.59. The van der Waals surface area contributed by atoms with E-state index in [1.54, 1.807) is 30.9 Å². The van der Waals surface area contributed by atoms with Crippen LogP contribution in [0.5, 0.6) is 5.75 Å². The molecular weight excluding hydrogens is 252 g/mol. The van der Waals surface area contributed by atoms with Crippen LogP contribution in [0.1, 0.15) is 22.7 Å². The van der Waals surface area contributed by atoms with Crippen molar-refractivity contribution in [3.8, 4) is 5.75 Å². The summed E-state index contributed by atoms with van der Waals surface area (Å²) >= 11 is 0. The van der Waals surface area contributed by atoms with Gasteiger partial charge in [-0.05, 0) is 26.0 Å². The molecule has 1 unspecified atom stereocenters. The van der Waals surface area contributed by atoms with E-state index in [4.69, 9.17) is 10.5 Å². The lowest BCUT2D eigenvalue weighted by Gasteiger charge is -2.18. The first-order chi connectivity index (χ1) is 9.52. The Kier molecular flexibility index (Phi) is 4.25. The first kappa shape index (κ1) is 14.3. The number of hydrogen-bond acceptors (Lipinski definition) is 3. The number of nitrogens with two attached hydrogens (primary N) is 1. The molecule has 2 N–H and O–H groups in total. The molecule has 0 aliphatic rings. The standard InChI is InChI=1S/C16H20N2O2/c1-11-6-7-15(20-3)13(9-11)14(17)10-18-8-4-5-12(2)16(18)19/h4-9,14H,10,17H2,1-3H3. The third-order valence-electron chi connectivity index (χ3n) is 3.39. The van der Waals surface area contributed by atoms with Gasteiger partial charge in [0.25, 0.3) is 5.56 Å². The first-order valence-corrected chi connectivity index (χ1v) is 6.59. The van der Waals surface area contributed by atoms with Crippen molar-refractivity contribution >= 4 is 0 Å². The number of aromatic nitrogens is 1. The molecule has 1 atom stereocenters. The molecule has 0 saturated heterocycles. The average Bonchev–Trinajstić information content (AvgIpc) is 2.43. The number of aryl methyl sites for hydroxylation is 2. The lowest BCUT2D eigenvalue weighted by Crippen LogP contribution is -2.27. The topological polar surface area (TPSA) is 57.2 Å². The molecule has 2 aromatic rings. The smallest absolute Gasteiger partial charge is 0.253 e. The third kappa shape index (κ3) is 2.91. The fourth-order valence-corrected chi connectivity index (χ4v) is 2.25. The molecule has 0 bridgehead atoms. The van der Waals surface area contributed by atoms with Crippen LogP contribution < -0.4 is 16.0 Å². The van der Waals surface area contributed by atoms with Crippen molar-refractivity contribution in [1.29, 1.82) is 0 Å². The van der Waals surface area contributed by atoms with Crippen LogP contribution in [0.2, 0.25) is 0 Å². The summed E-state index contributed by atoms with van der Waals surface area (Å²) in [6, 6.07) is 9.26. The summed E-state index contributed by atoms with van der Waals surface area (Å²) in [6.45, 7) is 4.24. The van der Waals surface area contributed by atoms with Crippen molar-refractivity contribution in [1.82, 2.24) is 4.57 Å². The highest BCUT2D eigenvalue weighted by atomic mass is 16.5. The summed E-state index contributed by atoms with van der Waals surface area (Å²) < 4.78 is 6.99. The van der Waals surface area contributed by atoms with Crippen molar-refractivity contribution in [3.05, 3.63) is 63.6 Å². The third-order valence-corrected chi connectivity index (χ3v) is 3.39. The quantitative estimate of drug-likeness (QED) is 0.928. The van der Waals surface area contributed by atoms with Crippen molar-refractivity contribution in [3.63, 3.8) is 0 Å². The molecule has 4 nitrogen and oxygen atoms in total. The van der Waals surface area contributed by atoms with Crippen LogP contribution >= 0.6 is 0 Å². The number of pyridine rings is 1. The Balaban J connectivity index is 2.33. The molecule has 106 valence electrons. The van der Waals surface area contributed by atoms with Gasteiger partial charge in [0, 0.05) is 23.9 Å². The summed E-state index contributed by atoms with van der Waals surface area (Å²) in [6.07, 6.45) is 1.76. The average molecular weight is 272 g/mol. The summed E-state index contributed by atoms with van der Waals surface area (Å²) in [5, 5.41) is 0. The summed E-state index contributed by atoms with van der Waals surface area (Å²) in [5.74, 6) is 0.754. The predicted octanol–water partition coefficient (Wildman–Crippen LogP) is 2.17. The zero-order valence-corrected chi connectivity index (χ0v) is 12.1. The molecule has 1 heterocycles. The van der Waals surface area contributed by atoms with E-state index in [-0.39, 0.29) is 11.6 Å². The highest BCUT2D eigenvalue weighted by Crippen LogP contribution is 2.25. The molecule has 0 radical (unpaired) electrons. The molecule has 0 saturated carbocycles. The van der Waals surface area contributed by atoms with Gasteiger partial charge in [-0.25, -0.2) is 0 Å². The van der Waals surface area contributed by atoms with Gasteiger partial charge in [0.1, 0.15) is 5.75 Å². The van der Waals surface area contributed by atoms with Crippen LogP contribution in [-0.2, 0) is 6.54 Å². The van der Waals surface area contributed by atoms with E-state index in [2.05, 4.69) is 0 Å². The van der Waals surface area contributed by atoms with Crippen LogP contribution in [0.3, 0.4) is 0 Å². The Morgan fingerprint density at radius 3 is 2.75 bits per heavy atom. The number of hydrogen-bond donors (Lipinski definition) is 1. The Morgan fingerprint density at radius 2 is 2.05 bits per heavy atom. The Labute approximate surface area is 118 Å². The zero-order chi connectivity index (χ0) is 14.7. The van der Waals surface area contributed by atoms with E-state index in [9.17, 15) is 4.79 Å². The minimum Gasteiger partial charge on any atom is -0.496 e. The van der Waals surface area contributed by atoms with Gasteiger partial charge in [0.2, 0.25) is 0 Å². The Bertz CT molecular complexity index is 662. The van der Waals surface area contributed by atoms with Gasteiger partial charge in [-0.1, -0.05) is 23.8 Å². The monoisotopic (exact) mass is 272 g/mol. The van der Waals surface area contributed by atoms with Crippen LogP contribution in [-0.4, -0.2) is 11.7 Å². The van der Waals surface area contributed by atoms with Gasteiger partial charge >= 0.3 is 0 Å². The minimum absolute atomic E-state index is 0.00503. The number of ether oxygens (including phenoxy) is 1. The summed E-state index contributed by atoms with van der Waals surface area (Å²) in [5.41, 5.74) is 9.00. The van der Waals surface area contributed by atoms with E-state index >= 15 is 0 Å². The number of rotatable bonds is 4. The number of benzene rings is 1. The van der Waals surface area contributed by atoms with Gasteiger partial charge in [-0.3, -0.25) is 4.79 Å². The van der Waals surface area contributed by atoms with E-state index < -0.39 is 0 Å². The highest BCUT2D eigenvalue weighted by molar-refractivity contribution is 5.39. The summed E-state index contributed by atoms with van der Waals surface area (Å²) in [4.78, 5) is 12.0. The largest absolute Gasteiger partial charge is 0.496 e. The van der Waals surface area contributed by atoms with Gasteiger partial charge in [0.05, 0.1) is 13.2 Å². The fourth-order valence-electron chi connectivity index (χ4n) is 2.25. The van der Waals surface area contributed by atoms with Crippen LogP contribution in [0.4, 0.5) is 0 Å². The van der Waals surface area contributed by atoms with E-state index in [1.807, 2.05) is 31.2 Å². The predicted molar refractivity (Wildman–Crippen MR) is 80.1 cm³/mol. The van der Waals surface area contributed by atoms with Crippen molar-refractivity contribution in [2.24, 2.45) is 5.73 Å². The Hall–Kier alpha value is -2.07. The van der Waals surface area contributed by atoms with E-state index in [1.165, 1.54) is 0 Å². The maximum atomic E-state index is 12.0. The van der Waals surface area contributed by atoms with Crippen LogP contribution in [0, 0.1) is 13.8 Å². The van der Waals surface area contributed by atoms with Crippen molar-refractivity contribution < 1.29 is 4.74 Å². The molecular formula is C16H20N2O2. The second kappa shape index (κ2) is 5.92. The maximum absolute atomic E-state index is 12.0. The molecule has 1 aromatic carbocycles. The lowest BCUT2D eigenvalue weighted by molar-refractivity contribution is 0.401. The minimum atomic E-state index is -0.288. The molecule has 2 rings (SSSR count).